The van der Waals surface area contributed by atoms with Gasteiger partial charge in [-0.3, -0.25) is 9.69 Å². The fourth-order valence-electron chi connectivity index (χ4n) is 7.71. The molecule has 2 saturated heterocycles. The van der Waals surface area contributed by atoms with Crippen molar-refractivity contribution >= 4 is 51.5 Å². The number of piperazine rings is 1. The molecule has 4 heterocycles. The van der Waals surface area contributed by atoms with E-state index in [1.807, 2.05) is 42.3 Å². The van der Waals surface area contributed by atoms with Crippen molar-refractivity contribution in [1.29, 1.82) is 5.26 Å². The van der Waals surface area contributed by atoms with Gasteiger partial charge in [-0.25, -0.2) is 13.2 Å². The van der Waals surface area contributed by atoms with E-state index in [0.29, 0.717) is 56.6 Å². The number of ether oxygens (including phenoxy) is 1. The molecule has 0 spiro atoms. The van der Waals surface area contributed by atoms with E-state index < -0.39 is 23.7 Å². The molecule has 1 amide bonds. The number of nitriles is 1. The number of benzene rings is 2. The second-order valence-corrected chi connectivity index (χ2v) is 15.8. The first kappa shape index (κ1) is 34.7. The Kier molecular flexibility index (Phi) is 9.32. The Bertz CT molecular complexity index is 1860. The molecule has 3 atom stereocenters. The lowest BCUT2D eigenvalue weighted by Gasteiger charge is -2.42. The first-order chi connectivity index (χ1) is 23.9. The van der Waals surface area contributed by atoms with Gasteiger partial charge in [0.15, 0.2) is 5.83 Å². The van der Waals surface area contributed by atoms with Gasteiger partial charge in [0.2, 0.25) is 5.92 Å². The molecule has 3 fully saturated rings. The lowest BCUT2D eigenvalue weighted by molar-refractivity contribution is -0.131. The molecule has 1 saturated carbocycles. The number of hydrogen-bond donors (Lipinski definition) is 0. The van der Waals surface area contributed by atoms with E-state index in [1.165, 1.54) is 4.90 Å². The van der Waals surface area contributed by atoms with Crippen molar-refractivity contribution in [1.82, 2.24) is 19.8 Å². The van der Waals surface area contributed by atoms with Gasteiger partial charge in [-0.2, -0.15) is 15.2 Å². The normalized spacial score (nSPS) is 24.5. The molecule has 1 aromatic heterocycles. The standard InChI is InChI=1S/C36H39ClF3N7O2S/c1-22(38)32(48)47-15-14-46(20-25(47)10-12-41)31-26-11-13-45(29-9-5-7-23-6-4-8-27(37)30(23)29)21-28(26)42-34(43-31)49-17-16-44(3)33-35(2,50-33)24-18-36(39,40)19-24/h4-9,24-25,33H,1,10-11,13-21H2,2-3H3/t25-,33?,35-/m0/s1. The van der Waals surface area contributed by atoms with E-state index in [0.717, 1.165) is 27.7 Å². The van der Waals surface area contributed by atoms with Crippen LogP contribution < -0.4 is 14.5 Å². The summed E-state index contributed by atoms with van der Waals surface area (Å²) >= 11 is 8.43. The van der Waals surface area contributed by atoms with Crippen molar-refractivity contribution in [2.45, 2.75) is 61.2 Å². The number of halogens is 4. The first-order valence-electron chi connectivity index (χ1n) is 16.9. The average molecular weight is 726 g/mol. The summed E-state index contributed by atoms with van der Waals surface area (Å²) in [6.45, 7) is 8.15. The number of thioether (sulfide) groups is 1. The second kappa shape index (κ2) is 13.4. The SMILES string of the molecule is C=C(F)C(=O)N1CCN(c2nc(OCCN(C)C3S[C@@]3(C)C3CC(F)(F)C3)nc3c2CCN(c2cccc4cccc(Cl)c24)C3)C[C@@H]1CC#N. The molecule has 3 aromatic rings. The van der Waals surface area contributed by atoms with Crippen molar-refractivity contribution in [3.63, 3.8) is 0 Å². The van der Waals surface area contributed by atoms with Crippen molar-refractivity contribution in [3.8, 4) is 12.1 Å². The number of likely N-dealkylation sites (N-methyl/N-ethyl adjacent to an activating group) is 1. The van der Waals surface area contributed by atoms with Crippen LogP contribution in [0.5, 0.6) is 6.01 Å². The molecule has 0 radical (unpaired) electrons. The monoisotopic (exact) mass is 725 g/mol. The van der Waals surface area contributed by atoms with Crippen LogP contribution >= 0.6 is 23.4 Å². The maximum atomic E-state index is 13.9. The molecule has 264 valence electrons. The molecular weight excluding hydrogens is 687 g/mol. The minimum Gasteiger partial charge on any atom is -0.462 e. The van der Waals surface area contributed by atoms with Crippen molar-refractivity contribution < 1.29 is 22.7 Å². The zero-order valence-electron chi connectivity index (χ0n) is 28.0. The zero-order chi connectivity index (χ0) is 35.4. The number of alkyl halides is 2. The number of anilines is 2. The summed E-state index contributed by atoms with van der Waals surface area (Å²) in [5.74, 6) is -3.71. The predicted octanol–water partition coefficient (Wildman–Crippen LogP) is 6.45. The maximum absolute atomic E-state index is 13.9. The molecular formula is C36H39ClF3N7O2S. The molecule has 0 bridgehead atoms. The van der Waals surface area contributed by atoms with Crippen molar-refractivity contribution in [2.75, 3.05) is 56.2 Å². The largest absolute Gasteiger partial charge is 0.462 e. The summed E-state index contributed by atoms with van der Waals surface area (Å²) in [7, 11) is 1.98. The Morgan fingerprint density at radius 2 is 1.94 bits per heavy atom. The summed E-state index contributed by atoms with van der Waals surface area (Å²) in [6.07, 6.45) is 0.566. The molecule has 1 aliphatic carbocycles. The number of rotatable bonds is 10. The molecule has 2 aromatic carbocycles. The van der Waals surface area contributed by atoms with Crippen LogP contribution in [-0.2, 0) is 17.8 Å². The molecule has 9 nitrogen and oxygen atoms in total. The fourth-order valence-corrected chi connectivity index (χ4v) is 9.42. The molecule has 0 N–H and O–H groups in total. The van der Waals surface area contributed by atoms with Crippen LogP contribution in [0.25, 0.3) is 10.8 Å². The minimum atomic E-state index is -2.54. The average Bonchev–Trinajstić information content (AvgIpc) is 3.78. The van der Waals surface area contributed by atoms with Crippen LogP contribution in [0.1, 0.15) is 37.4 Å². The number of aromatic nitrogens is 2. The van der Waals surface area contributed by atoms with Crippen molar-refractivity contribution in [3.05, 3.63) is 65.1 Å². The van der Waals surface area contributed by atoms with E-state index in [-0.39, 0.29) is 47.9 Å². The van der Waals surface area contributed by atoms with Gasteiger partial charge in [-0.05, 0) is 43.8 Å². The van der Waals surface area contributed by atoms with Crippen LogP contribution in [0, 0.1) is 17.2 Å². The number of carbonyl (C=O) groups is 1. The van der Waals surface area contributed by atoms with Gasteiger partial charge in [0.1, 0.15) is 12.4 Å². The van der Waals surface area contributed by atoms with Gasteiger partial charge in [0.05, 0.1) is 41.2 Å². The Morgan fingerprint density at radius 3 is 2.66 bits per heavy atom. The highest BCUT2D eigenvalue weighted by molar-refractivity contribution is 8.08. The van der Waals surface area contributed by atoms with Crippen LogP contribution in [0.15, 0.2) is 48.8 Å². The minimum absolute atomic E-state index is 0.00515. The fraction of sp³-hybridized carbons (Fsp3) is 0.500. The topological polar surface area (TPSA) is 88.8 Å². The van der Waals surface area contributed by atoms with E-state index >= 15 is 0 Å². The Hall–Kier alpha value is -3.73. The Labute approximate surface area is 299 Å². The van der Waals surface area contributed by atoms with Crippen LogP contribution in [0.2, 0.25) is 5.02 Å². The highest BCUT2D eigenvalue weighted by Crippen LogP contribution is 2.66. The molecule has 1 unspecified atom stereocenters. The zero-order valence-corrected chi connectivity index (χ0v) is 29.6. The van der Waals surface area contributed by atoms with Gasteiger partial charge in [-0.1, -0.05) is 42.4 Å². The molecule has 50 heavy (non-hydrogen) atoms. The van der Waals surface area contributed by atoms with E-state index in [4.69, 9.17) is 26.3 Å². The van der Waals surface area contributed by atoms with Gasteiger partial charge in [0.25, 0.3) is 5.91 Å². The number of carbonyl (C=O) groups excluding carboxylic acids is 1. The summed E-state index contributed by atoms with van der Waals surface area (Å²) in [4.78, 5) is 30.2. The molecule has 4 aliphatic rings. The lowest BCUT2D eigenvalue weighted by Crippen LogP contribution is -2.55. The summed E-state index contributed by atoms with van der Waals surface area (Å²) < 4.78 is 47.1. The number of nitrogens with zero attached hydrogens (tertiary/aromatic N) is 7. The Balaban J connectivity index is 1.13. The quantitative estimate of drug-likeness (QED) is 0.173. The van der Waals surface area contributed by atoms with Gasteiger partial charge in [-0.15, -0.1) is 11.8 Å². The number of hydrogen-bond acceptors (Lipinski definition) is 9. The third kappa shape index (κ3) is 6.58. The summed E-state index contributed by atoms with van der Waals surface area (Å²) in [6, 6.07) is 13.8. The smallest absolute Gasteiger partial charge is 0.318 e. The lowest BCUT2D eigenvalue weighted by atomic mass is 9.73. The van der Waals surface area contributed by atoms with E-state index in [1.54, 1.807) is 11.8 Å². The first-order valence-corrected chi connectivity index (χ1v) is 18.1. The van der Waals surface area contributed by atoms with Gasteiger partial charge < -0.3 is 19.4 Å². The van der Waals surface area contributed by atoms with Gasteiger partial charge >= 0.3 is 6.01 Å². The van der Waals surface area contributed by atoms with Gasteiger partial charge in [0, 0.05) is 66.9 Å². The van der Waals surface area contributed by atoms with Crippen LogP contribution in [0.4, 0.5) is 24.7 Å². The summed E-state index contributed by atoms with van der Waals surface area (Å²) in [5.41, 5.74) is 2.77. The maximum Gasteiger partial charge on any atom is 0.318 e. The highest BCUT2D eigenvalue weighted by Gasteiger charge is 2.65. The highest BCUT2D eigenvalue weighted by atomic mass is 35.5. The molecule has 14 heteroatoms. The third-order valence-corrected chi connectivity index (χ3v) is 12.8. The van der Waals surface area contributed by atoms with Crippen LogP contribution in [0.3, 0.4) is 0 Å². The molecule has 3 aliphatic heterocycles. The molecule has 7 rings (SSSR count). The number of amides is 1. The Morgan fingerprint density at radius 1 is 1.18 bits per heavy atom. The number of fused-ring (bicyclic) bond motifs is 2. The summed E-state index contributed by atoms with van der Waals surface area (Å²) in [5, 5.41) is 12.4. The second-order valence-electron chi connectivity index (χ2n) is 13.9. The van der Waals surface area contributed by atoms with E-state index in [2.05, 4.69) is 35.4 Å². The predicted molar refractivity (Wildman–Crippen MR) is 190 cm³/mol. The van der Waals surface area contributed by atoms with E-state index in [9.17, 15) is 23.2 Å². The third-order valence-electron chi connectivity index (χ3n) is 10.6. The van der Waals surface area contributed by atoms with Crippen LogP contribution in [-0.4, -0.2) is 94.1 Å². The van der Waals surface area contributed by atoms with Crippen molar-refractivity contribution in [2.24, 2.45) is 5.92 Å².